The van der Waals surface area contributed by atoms with E-state index in [1.54, 1.807) is 0 Å². The molecule has 5 nitrogen and oxygen atoms in total. The molecule has 2 N–H and O–H groups in total. The maximum Gasteiger partial charge on any atom is 0.0698 e. The van der Waals surface area contributed by atoms with E-state index in [1.165, 1.54) is 0 Å². The highest BCUT2D eigenvalue weighted by atomic mass is 32.2. The van der Waals surface area contributed by atoms with Crippen molar-refractivity contribution in [2.45, 2.75) is 0 Å². The predicted molar refractivity (Wildman–Crippen MR) is 34.8 cm³/mol. The maximum atomic E-state index is 9.82. The smallest absolute Gasteiger partial charge is 0.0698 e. The third-order valence-electron chi connectivity index (χ3n) is 0.702. The van der Waals surface area contributed by atoms with Gasteiger partial charge in [-0.05, 0) is 0 Å². The normalized spacial score (nSPS) is 13.4. The van der Waals surface area contributed by atoms with Crippen LogP contribution >= 0.6 is 0 Å². The predicted octanol–water partition coefficient (Wildman–Crippen LogP) is -1.62. The highest BCUT2D eigenvalue weighted by Crippen LogP contribution is 1.71. The van der Waals surface area contributed by atoms with Crippen LogP contribution in [-0.4, -0.2) is 40.2 Å². The monoisotopic (exact) mass is 168 g/mol. The van der Waals surface area contributed by atoms with Gasteiger partial charge in [-0.25, -0.2) is 4.72 Å². The van der Waals surface area contributed by atoms with Crippen molar-refractivity contribution in [1.82, 2.24) is 4.72 Å². The van der Waals surface area contributed by atoms with Gasteiger partial charge in [0, 0.05) is 17.8 Å². The van der Waals surface area contributed by atoms with Gasteiger partial charge in [0.25, 0.3) is 0 Å². The van der Waals surface area contributed by atoms with Crippen LogP contribution in [0.1, 0.15) is 0 Å². The van der Waals surface area contributed by atoms with E-state index in [1.807, 2.05) is 0 Å². The van der Waals surface area contributed by atoms with Crippen LogP contribution in [0.3, 0.4) is 0 Å². The maximum absolute atomic E-state index is 9.82. The number of ether oxygens (including phenoxy) is 1. The molecule has 0 bridgehead atoms. The van der Waals surface area contributed by atoms with Gasteiger partial charge in [0.15, 0.2) is 0 Å². The SMILES string of the molecule is O=S([O-])NCCOCCO. The van der Waals surface area contributed by atoms with E-state index < -0.39 is 11.3 Å². The summed E-state index contributed by atoms with van der Waals surface area (Å²) in [5.41, 5.74) is 0. The Morgan fingerprint density at radius 3 is 2.80 bits per heavy atom. The van der Waals surface area contributed by atoms with Gasteiger partial charge in [-0.2, -0.15) is 0 Å². The lowest BCUT2D eigenvalue weighted by molar-refractivity contribution is 0.0961. The number of aliphatic hydroxyl groups excluding tert-OH is 1. The minimum absolute atomic E-state index is 0.0412. The Bertz CT molecular complexity index is 99.3. The molecule has 6 heteroatoms. The first kappa shape index (κ1) is 9.99. The van der Waals surface area contributed by atoms with Crippen molar-refractivity contribution in [3.63, 3.8) is 0 Å². The largest absolute Gasteiger partial charge is 0.760 e. The van der Waals surface area contributed by atoms with Crippen LogP contribution < -0.4 is 4.72 Å². The van der Waals surface area contributed by atoms with E-state index in [2.05, 4.69) is 4.72 Å². The molecule has 0 aromatic carbocycles. The first-order valence-corrected chi connectivity index (χ1v) is 3.86. The first-order chi connectivity index (χ1) is 4.77. The molecule has 1 atom stereocenters. The van der Waals surface area contributed by atoms with Crippen LogP contribution in [0.2, 0.25) is 0 Å². The molecular formula is C4H10NO4S-. The molecule has 1 unspecified atom stereocenters. The Morgan fingerprint density at radius 2 is 2.30 bits per heavy atom. The molecule has 0 aliphatic rings. The average Bonchev–Trinajstić information content (AvgIpc) is 1.87. The number of aliphatic hydroxyl groups is 1. The summed E-state index contributed by atoms with van der Waals surface area (Å²) in [5, 5.41) is 8.21. The van der Waals surface area contributed by atoms with E-state index in [-0.39, 0.29) is 26.4 Å². The summed E-state index contributed by atoms with van der Waals surface area (Å²) in [7, 11) is 0. The summed E-state index contributed by atoms with van der Waals surface area (Å²) >= 11 is -2.21. The highest BCUT2D eigenvalue weighted by molar-refractivity contribution is 7.77. The van der Waals surface area contributed by atoms with Crippen molar-refractivity contribution in [2.24, 2.45) is 0 Å². The molecule has 0 aromatic rings. The van der Waals surface area contributed by atoms with Crippen LogP contribution in [-0.2, 0) is 16.0 Å². The topological polar surface area (TPSA) is 81.6 Å². The number of hydrogen-bond donors (Lipinski definition) is 2. The second kappa shape index (κ2) is 7.10. The zero-order valence-corrected chi connectivity index (χ0v) is 6.23. The summed E-state index contributed by atoms with van der Waals surface area (Å²) in [6.07, 6.45) is 0. The summed E-state index contributed by atoms with van der Waals surface area (Å²) in [5.74, 6) is 0. The van der Waals surface area contributed by atoms with Gasteiger partial charge >= 0.3 is 0 Å². The zero-order valence-electron chi connectivity index (χ0n) is 5.41. The van der Waals surface area contributed by atoms with E-state index in [4.69, 9.17) is 9.84 Å². The Balaban J connectivity index is 2.84. The van der Waals surface area contributed by atoms with Gasteiger partial charge in [0.1, 0.15) is 0 Å². The van der Waals surface area contributed by atoms with Crippen molar-refractivity contribution >= 4 is 11.3 Å². The molecule has 0 rings (SSSR count). The Labute approximate surface area is 61.8 Å². The zero-order chi connectivity index (χ0) is 7.82. The molecule has 0 aliphatic heterocycles. The fraction of sp³-hybridized carbons (Fsp3) is 1.00. The molecule has 0 aromatic heterocycles. The highest BCUT2D eigenvalue weighted by Gasteiger charge is 1.85. The molecule has 0 saturated carbocycles. The summed E-state index contributed by atoms with van der Waals surface area (Å²) in [6.45, 7) is 0.734. The Morgan fingerprint density at radius 1 is 1.60 bits per heavy atom. The molecule has 0 fully saturated rings. The molecular weight excluding hydrogens is 158 g/mol. The fourth-order valence-corrected chi connectivity index (χ4v) is 0.614. The molecule has 0 spiro atoms. The number of nitrogens with one attached hydrogen (secondary N) is 1. The van der Waals surface area contributed by atoms with E-state index in [0.29, 0.717) is 0 Å². The van der Waals surface area contributed by atoms with E-state index >= 15 is 0 Å². The van der Waals surface area contributed by atoms with Crippen LogP contribution in [0.15, 0.2) is 0 Å². The van der Waals surface area contributed by atoms with Crippen molar-refractivity contribution in [2.75, 3.05) is 26.4 Å². The molecule has 62 valence electrons. The number of rotatable bonds is 6. The lowest BCUT2D eigenvalue weighted by Gasteiger charge is -2.06. The second-order valence-corrected chi connectivity index (χ2v) is 2.22. The lowest BCUT2D eigenvalue weighted by atomic mass is 10.7. The molecule has 10 heavy (non-hydrogen) atoms. The van der Waals surface area contributed by atoms with Crippen molar-refractivity contribution < 1.29 is 18.6 Å². The van der Waals surface area contributed by atoms with Crippen molar-refractivity contribution in [1.29, 1.82) is 0 Å². The van der Waals surface area contributed by atoms with Crippen molar-refractivity contribution in [3.8, 4) is 0 Å². The summed E-state index contributed by atoms with van der Waals surface area (Å²) in [6, 6.07) is 0. The first-order valence-electron chi connectivity index (χ1n) is 2.78. The summed E-state index contributed by atoms with van der Waals surface area (Å²) in [4.78, 5) is 0. The molecule has 0 saturated heterocycles. The van der Waals surface area contributed by atoms with Gasteiger partial charge in [0.2, 0.25) is 0 Å². The third-order valence-corrected chi connectivity index (χ3v) is 1.14. The summed E-state index contributed by atoms with van der Waals surface area (Å²) < 4.78 is 26.5. The van der Waals surface area contributed by atoms with E-state index in [9.17, 15) is 8.76 Å². The Kier molecular flexibility index (Phi) is 7.09. The van der Waals surface area contributed by atoms with E-state index in [0.717, 1.165) is 0 Å². The Hall–Kier alpha value is -0.0100. The van der Waals surface area contributed by atoms with Gasteiger partial charge in [0.05, 0.1) is 19.8 Å². The third kappa shape index (κ3) is 7.99. The quantitative estimate of drug-likeness (QED) is 0.369. The van der Waals surface area contributed by atoms with Gasteiger partial charge in [-0.1, -0.05) is 0 Å². The minimum atomic E-state index is -2.21. The van der Waals surface area contributed by atoms with Gasteiger partial charge in [-0.3, -0.25) is 4.21 Å². The molecule has 0 radical (unpaired) electrons. The minimum Gasteiger partial charge on any atom is -0.760 e. The van der Waals surface area contributed by atoms with Gasteiger partial charge < -0.3 is 14.4 Å². The fourth-order valence-electron chi connectivity index (χ4n) is 0.364. The average molecular weight is 168 g/mol. The van der Waals surface area contributed by atoms with Crippen LogP contribution in [0.5, 0.6) is 0 Å². The van der Waals surface area contributed by atoms with Crippen LogP contribution in [0, 0.1) is 0 Å². The molecule has 0 aliphatic carbocycles. The second-order valence-electron chi connectivity index (χ2n) is 1.47. The number of hydrogen-bond acceptors (Lipinski definition) is 4. The standard InChI is InChI=1S/C4H11NO4S/c6-2-4-9-3-1-5-10(7)8/h5-6H,1-4H2,(H,7,8)/p-1. The molecule has 0 amide bonds. The van der Waals surface area contributed by atoms with Gasteiger partial charge in [-0.15, -0.1) is 0 Å². The van der Waals surface area contributed by atoms with Crippen molar-refractivity contribution in [3.05, 3.63) is 0 Å². The lowest BCUT2D eigenvalue weighted by Crippen LogP contribution is -2.22. The molecule has 0 heterocycles. The van der Waals surface area contributed by atoms with Crippen LogP contribution in [0.4, 0.5) is 0 Å². The van der Waals surface area contributed by atoms with Crippen LogP contribution in [0.25, 0.3) is 0 Å².